The Hall–Kier alpha value is -2.23. The quantitative estimate of drug-likeness (QED) is 0.596. The maximum atomic E-state index is 4.28. The van der Waals surface area contributed by atoms with E-state index in [0.717, 1.165) is 11.4 Å². The molecule has 0 bridgehead atoms. The average Bonchev–Trinajstić information content (AvgIpc) is 2.74. The molecule has 4 heteroatoms. The van der Waals surface area contributed by atoms with Crippen LogP contribution in [-0.4, -0.2) is 19.4 Å². The van der Waals surface area contributed by atoms with Gasteiger partial charge in [0.2, 0.25) is 5.78 Å². The van der Waals surface area contributed by atoms with Gasteiger partial charge in [0.05, 0.1) is 17.6 Å². The number of aromatic nitrogens is 4. The second kappa shape index (κ2) is 3.16. The van der Waals surface area contributed by atoms with Crippen molar-refractivity contribution in [2.24, 2.45) is 0 Å². The number of imidazole rings is 1. The van der Waals surface area contributed by atoms with Crippen LogP contribution in [0.4, 0.5) is 0 Å². The maximum Gasteiger partial charge on any atom is 0.234 e. The third kappa shape index (κ3) is 1.27. The summed E-state index contributed by atoms with van der Waals surface area (Å²) < 4.78 is 1.92. The molecule has 0 aliphatic carbocycles. The molecule has 0 fully saturated rings. The van der Waals surface area contributed by atoms with Crippen molar-refractivity contribution < 1.29 is 0 Å². The Bertz CT molecular complexity index is 586. The Morgan fingerprint density at radius 2 is 1.87 bits per heavy atom. The predicted octanol–water partition coefficient (Wildman–Crippen LogP) is 1.79. The molecule has 0 spiro atoms. The molecule has 3 aromatic heterocycles. The fraction of sp³-hybridized carbons (Fsp3) is 0. The molecule has 0 amide bonds. The van der Waals surface area contributed by atoms with E-state index >= 15 is 0 Å². The van der Waals surface area contributed by atoms with Gasteiger partial charge < -0.3 is 0 Å². The molecule has 0 atom stereocenters. The first-order valence-electron chi connectivity index (χ1n) is 4.64. The fourth-order valence-corrected chi connectivity index (χ4v) is 1.53. The molecule has 72 valence electrons. The lowest BCUT2D eigenvalue weighted by Crippen LogP contribution is -1.90. The summed E-state index contributed by atoms with van der Waals surface area (Å²) in [6, 6.07) is 7.68. The Balaban J connectivity index is 2.28. The van der Waals surface area contributed by atoms with Crippen LogP contribution in [0.15, 0.2) is 49.1 Å². The summed E-state index contributed by atoms with van der Waals surface area (Å²) in [6.45, 7) is 0. The summed E-state index contributed by atoms with van der Waals surface area (Å²) in [4.78, 5) is 12.6. The molecule has 0 unspecified atom stereocenters. The number of hydrogen-bond donors (Lipinski definition) is 0. The number of nitrogens with zero attached hydrogens (tertiary/aromatic N) is 4. The zero-order valence-electron chi connectivity index (χ0n) is 7.91. The normalized spacial score (nSPS) is 10.7. The van der Waals surface area contributed by atoms with E-state index < -0.39 is 0 Å². The highest BCUT2D eigenvalue weighted by Gasteiger charge is 2.05. The lowest BCUT2D eigenvalue weighted by atomic mass is 10.3. The van der Waals surface area contributed by atoms with Gasteiger partial charge in [0.15, 0.2) is 0 Å². The smallest absolute Gasteiger partial charge is 0.234 e. The maximum absolute atomic E-state index is 4.28. The van der Waals surface area contributed by atoms with Gasteiger partial charge in [0.1, 0.15) is 0 Å². The van der Waals surface area contributed by atoms with E-state index in [-0.39, 0.29) is 0 Å². The Labute approximate surface area is 86.3 Å². The molecule has 0 aromatic carbocycles. The first kappa shape index (κ1) is 8.11. The molecule has 0 radical (unpaired) electrons. The van der Waals surface area contributed by atoms with Crippen LogP contribution < -0.4 is 0 Å². The van der Waals surface area contributed by atoms with Crippen LogP contribution >= 0.6 is 0 Å². The average molecular weight is 196 g/mol. The van der Waals surface area contributed by atoms with E-state index in [4.69, 9.17) is 0 Å². The molecule has 0 saturated carbocycles. The topological polar surface area (TPSA) is 43.1 Å². The van der Waals surface area contributed by atoms with Crippen molar-refractivity contribution in [3.63, 3.8) is 0 Å². The fourth-order valence-electron chi connectivity index (χ4n) is 1.53. The highest BCUT2D eigenvalue weighted by atomic mass is 15.1. The van der Waals surface area contributed by atoms with Gasteiger partial charge in [-0.3, -0.25) is 9.38 Å². The molecule has 4 nitrogen and oxygen atoms in total. The number of fused-ring (bicyclic) bond motifs is 1. The van der Waals surface area contributed by atoms with Crippen molar-refractivity contribution >= 4 is 5.78 Å². The molecule has 3 rings (SSSR count). The first-order chi connectivity index (χ1) is 7.45. The molecule has 15 heavy (non-hydrogen) atoms. The van der Waals surface area contributed by atoms with Gasteiger partial charge in [0, 0.05) is 18.6 Å². The summed E-state index contributed by atoms with van der Waals surface area (Å²) in [5.41, 5.74) is 1.86. The van der Waals surface area contributed by atoms with Gasteiger partial charge in [-0.1, -0.05) is 6.07 Å². The zero-order chi connectivity index (χ0) is 10.1. The standard InChI is InChI=1S/C11H8N4/c1-2-5-12-9(4-1)10-8-14-11-13-6-3-7-15(10)11/h1-8H. The number of hydrogen-bond acceptors (Lipinski definition) is 3. The number of pyridine rings is 1. The minimum atomic E-state index is 0.693. The van der Waals surface area contributed by atoms with Gasteiger partial charge in [-0.25, -0.2) is 9.97 Å². The Kier molecular flexibility index (Phi) is 1.71. The molecular weight excluding hydrogens is 188 g/mol. The summed E-state index contributed by atoms with van der Waals surface area (Å²) in [5, 5.41) is 0. The van der Waals surface area contributed by atoms with Crippen molar-refractivity contribution in [1.82, 2.24) is 19.4 Å². The van der Waals surface area contributed by atoms with Gasteiger partial charge in [-0.2, -0.15) is 0 Å². The highest BCUT2D eigenvalue weighted by molar-refractivity contribution is 5.57. The van der Waals surface area contributed by atoms with Crippen LogP contribution in [0.3, 0.4) is 0 Å². The monoisotopic (exact) mass is 196 g/mol. The third-order valence-corrected chi connectivity index (χ3v) is 2.22. The first-order valence-corrected chi connectivity index (χ1v) is 4.64. The summed E-state index contributed by atoms with van der Waals surface area (Å²) >= 11 is 0. The molecule has 0 aliphatic rings. The van der Waals surface area contributed by atoms with Crippen molar-refractivity contribution in [3.8, 4) is 11.4 Å². The van der Waals surface area contributed by atoms with E-state index in [1.54, 1.807) is 18.6 Å². The molecule has 0 saturated heterocycles. The van der Waals surface area contributed by atoms with E-state index in [1.165, 1.54) is 0 Å². The highest BCUT2D eigenvalue weighted by Crippen LogP contribution is 2.16. The second-order valence-corrected chi connectivity index (χ2v) is 3.15. The predicted molar refractivity (Wildman–Crippen MR) is 56.2 cm³/mol. The van der Waals surface area contributed by atoms with E-state index in [1.807, 2.05) is 34.9 Å². The number of rotatable bonds is 1. The zero-order valence-corrected chi connectivity index (χ0v) is 7.91. The summed E-state index contributed by atoms with van der Waals surface area (Å²) in [6.07, 6.45) is 7.21. The minimum Gasteiger partial charge on any atom is -0.282 e. The van der Waals surface area contributed by atoms with Crippen LogP contribution in [-0.2, 0) is 0 Å². The Morgan fingerprint density at radius 1 is 0.933 bits per heavy atom. The van der Waals surface area contributed by atoms with Crippen molar-refractivity contribution in [1.29, 1.82) is 0 Å². The molecule has 3 heterocycles. The minimum absolute atomic E-state index is 0.693. The van der Waals surface area contributed by atoms with Crippen LogP contribution in [0.1, 0.15) is 0 Å². The van der Waals surface area contributed by atoms with Gasteiger partial charge >= 0.3 is 0 Å². The molecule has 0 aliphatic heterocycles. The molecule has 0 N–H and O–H groups in total. The van der Waals surface area contributed by atoms with Crippen molar-refractivity contribution in [2.45, 2.75) is 0 Å². The van der Waals surface area contributed by atoms with Gasteiger partial charge in [0.25, 0.3) is 0 Å². The van der Waals surface area contributed by atoms with Crippen molar-refractivity contribution in [2.75, 3.05) is 0 Å². The summed E-state index contributed by atoms with van der Waals surface area (Å²) in [5.74, 6) is 0.693. The summed E-state index contributed by atoms with van der Waals surface area (Å²) in [7, 11) is 0. The van der Waals surface area contributed by atoms with E-state index in [9.17, 15) is 0 Å². The second-order valence-electron chi connectivity index (χ2n) is 3.15. The van der Waals surface area contributed by atoms with Gasteiger partial charge in [-0.15, -0.1) is 0 Å². The lowest BCUT2D eigenvalue weighted by molar-refractivity contribution is 1.10. The van der Waals surface area contributed by atoms with Crippen LogP contribution in [0.2, 0.25) is 0 Å². The SMILES string of the molecule is c1ccc(-c2cnc3ncccn23)nc1. The molecule has 3 aromatic rings. The van der Waals surface area contributed by atoms with Crippen LogP contribution in [0.5, 0.6) is 0 Å². The van der Waals surface area contributed by atoms with Crippen LogP contribution in [0.25, 0.3) is 17.2 Å². The third-order valence-electron chi connectivity index (χ3n) is 2.22. The van der Waals surface area contributed by atoms with E-state index in [0.29, 0.717) is 5.78 Å². The van der Waals surface area contributed by atoms with E-state index in [2.05, 4.69) is 15.0 Å². The van der Waals surface area contributed by atoms with Crippen molar-refractivity contribution in [3.05, 3.63) is 49.1 Å². The molecular formula is C11H8N4. The lowest BCUT2D eigenvalue weighted by Gasteiger charge is -1.98. The Morgan fingerprint density at radius 3 is 2.73 bits per heavy atom. The van der Waals surface area contributed by atoms with Crippen LogP contribution in [0, 0.1) is 0 Å². The van der Waals surface area contributed by atoms with Gasteiger partial charge in [-0.05, 0) is 18.2 Å². The largest absolute Gasteiger partial charge is 0.282 e.